The van der Waals surface area contributed by atoms with Gasteiger partial charge in [-0.05, 0) is 43.1 Å². The Kier molecular flexibility index (Phi) is 3.02. The monoisotopic (exact) mass is 281 g/mol. The summed E-state index contributed by atoms with van der Waals surface area (Å²) >= 11 is 0. The predicted molar refractivity (Wildman–Crippen MR) is 83.2 cm³/mol. The topological polar surface area (TPSA) is 57.2 Å². The Bertz CT molecular complexity index is 703. The second-order valence-electron chi connectivity index (χ2n) is 6.31. The lowest BCUT2D eigenvalue weighted by Gasteiger charge is -2.16. The quantitative estimate of drug-likeness (QED) is 0.658. The van der Waals surface area contributed by atoms with Crippen LogP contribution in [-0.2, 0) is 0 Å². The zero-order valence-electron chi connectivity index (χ0n) is 11.9. The molecule has 1 aromatic carbocycles. The van der Waals surface area contributed by atoms with E-state index in [2.05, 4.69) is 15.5 Å². The van der Waals surface area contributed by atoms with E-state index in [0.717, 1.165) is 22.7 Å². The number of hydrogen-bond donors (Lipinski definition) is 2. The molecule has 2 N–H and O–H groups in total. The highest BCUT2D eigenvalue weighted by atomic mass is 16.2. The van der Waals surface area contributed by atoms with E-state index in [4.69, 9.17) is 0 Å². The Morgan fingerprint density at radius 3 is 3.00 bits per heavy atom. The Morgan fingerprint density at radius 2 is 2.19 bits per heavy atom. The zero-order valence-corrected chi connectivity index (χ0v) is 11.9. The predicted octanol–water partition coefficient (Wildman–Crippen LogP) is 3.32. The van der Waals surface area contributed by atoms with Crippen molar-refractivity contribution in [2.75, 3.05) is 0 Å². The molecular formula is C17H19N3O. The van der Waals surface area contributed by atoms with Gasteiger partial charge >= 0.3 is 0 Å². The van der Waals surface area contributed by atoms with E-state index in [1.165, 1.54) is 25.7 Å². The van der Waals surface area contributed by atoms with Crippen LogP contribution in [0.4, 0.5) is 0 Å². The van der Waals surface area contributed by atoms with Gasteiger partial charge in [-0.1, -0.05) is 24.6 Å². The fourth-order valence-corrected chi connectivity index (χ4v) is 3.99. The number of nitrogens with one attached hydrogen (secondary N) is 2. The van der Waals surface area contributed by atoms with Crippen LogP contribution in [0.2, 0.25) is 0 Å². The molecule has 2 aromatic rings. The van der Waals surface area contributed by atoms with Crippen LogP contribution in [0.3, 0.4) is 0 Å². The van der Waals surface area contributed by atoms with Crippen molar-refractivity contribution in [1.82, 2.24) is 10.4 Å². The lowest BCUT2D eigenvalue weighted by Crippen LogP contribution is -2.19. The maximum atomic E-state index is 12.2. The van der Waals surface area contributed by atoms with Crippen LogP contribution in [0.15, 0.2) is 35.6 Å². The van der Waals surface area contributed by atoms with Crippen molar-refractivity contribution in [3.63, 3.8) is 0 Å². The van der Waals surface area contributed by atoms with Gasteiger partial charge in [-0.3, -0.25) is 4.79 Å². The highest BCUT2D eigenvalue weighted by Crippen LogP contribution is 2.47. The molecule has 1 aromatic heterocycles. The van der Waals surface area contributed by atoms with Gasteiger partial charge in [-0.25, -0.2) is 5.43 Å². The molecule has 1 heterocycles. The summed E-state index contributed by atoms with van der Waals surface area (Å²) in [6, 6.07) is 7.80. The first-order valence-electron chi connectivity index (χ1n) is 7.71. The second-order valence-corrected chi connectivity index (χ2v) is 6.31. The third kappa shape index (κ3) is 2.24. The fourth-order valence-electron chi connectivity index (χ4n) is 3.99. The van der Waals surface area contributed by atoms with Crippen LogP contribution >= 0.6 is 0 Å². The number of aromatic nitrogens is 1. The Morgan fingerprint density at radius 1 is 1.29 bits per heavy atom. The molecule has 0 radical (unpaired) electrons. The summed E-state index contributed by atoms with van der Waals surface area (Å²) in [6.45, 7) is 0. The number of rotatable bonds is 3. The molecule has 2 bridgehead atoms. The van der Waals surface area contributed by atoms with E-state index in [1.54, 1.807) is 6.20 Å². The summed E-state index contributed by atoms with van der Waals surface area (Å²) in [5.74, 6) is 2.11. The van der Waals surface area contributed by atoms with Crippen molar-refractivity contribution in [1.29, 1.82) is 0 Å². The zero-order chi connectivity index (χ0) is 14.2. The number of hydrazone groups is 1. The molecule has 0 spiro atoms. The minimum absolute atomic E-state index is 0.146. The van der Waals surface area contributed by atoms with Crippen LogP contribution in [0.25, 0.3) is 10.9 Å². The number of aromatic amines is 1. The minimum Gasteiger partial charge on any atom is -0.360 e. The minimum atomic E-state index is -0.146. The number of para-hydroxylation sites is 1. The molecule has 1 amide bonds. The molecule has 2 aliphatic carbocycles. The molecule has 21 heavy (non-hydrogen) atoms. The van der Waals surface area contributed by atoms with Gasteiger partial charge < -0.3 is 4.98 Å². The van der Waals surface area contributed by atoms with Gasteiger partial charge in [0.15, 0.2) is 0 Å². The maximum Gasteiger partial charge on any atom is 0.273 e. The number of nitrogens with zero attached hydrogens (tertiary/aromatic N) is 1. The van der Waals surface area contributed by atoms with Gasteiger partial charge in [0, 0.05) is 23.3 Å². The van der Waals surface area contributed by atoms with Crippen molar-refractivity contribution in [3.8, 4) is 0 Å². The molecule has 2 fully saturated rings. The fraction of sp³-hybridized carbons (Fsp3) is 0.412. The van der Waals surface area contributed by atoms with E-state index in [0.29, 0.717) is 11.5 Å². The number of carbonyl (C=O) groups is 1. The average Bonchev–Trinajstić information content (AvgIpc) is 3.21. The third-order valence-electron chi connectivity index (χ3n) is 5.06. The average molecular weight is 281 g/mol. The van der Waals surface area contributed by atoms with Crippen LogP contribution in [-0.4, -0.2) is 17.1 Å². The Balaban J connectivity index is 1.44. The van der Waals surface area contributed by atoms with Crippen LogP contribution in [0, 0.1) is 17.8 Å². The highest BCUT2D eigenvalue weighted by Gasteiger charge is 2.38. The SMILES string of the molecule is O=C(NN=C[C@H]1C[C@H]2CC[C@H]1C2)c1c[nH]c2ccccc12. The first-order valence-corrected chi connectivity index (χ1v) is 7.71. The molecule has 2 saturated carbocycles. The van der Waals surface area contributed by atoms with Gasteiger partial charge in [0.05, 0.1) is 5.56 Å². The number of hydrogen-bond acceptors (Lipinski definition) is 2. The van der Waals surface area contributed by atoms with Gasteiger partial charge in [0.2, 0.25) is 0 Å². The number of amides is 1. The number of carbonyl (C=O) groups excluding carboxylic acids is 1. The van der Waals surface area contributed by atoms with E-state index >= 15 is 0 Å². The summed E-state index contributed by atoms with van der Waals surface area (Å²) in [6.07, 6.45) is 9.02. The van der Waals surface area contributed by atoms with Gasteiger partial charge in [0.25, 0.3) is 5.91 Å². The third-order valence-corrected chi connectivity index (χ3v) is 5.06. The largest absolute Gasteiger partial charge is 0.360 e. The molecule has 4 nitrogen and oxygen atoms in total. The number of benzene rings is 1. The van der Waals surface area contributed by atoms with Gasteiger partial charge in [-0.2, -0.15) is 5.10 Å². The molecule has 4 heteroatoms. The first kappa shape index (κ1) is 12.6. The standard InChI is InChI=1S/C17H19N3O/c21-17(15-10-18-16-4-2-1-3-14(15)16)20-19-9-13-8-11-5-6-12(13)7-11/h1-4,9-13,18H,5-8H2,(H,20,21)/t11-,12-,13+/m0/s1. The highest BCUT2D eigenvalue weighted by molar-refractivity contribution is 6.06. The Hall–Kier alpha value is -2.10. The summed E-state index contributed by atoms with van der Waals surface area (Å²) in [5, 5.41) is 5.13. The lowest BCUT2D eigenvalue weighted by molar-refractivity contribution is 0.0956. The normalized spacial score (nSPS) is 27.7. The molecule has 3 atom stereocenters. The Labute approximate surface area is 123 Å². The van der Waals surface area contributed by atoms with Crippen molar-refractivity contribution >= 4 is 23.0 Å². The van der Waals surface area contributed by atoms with Crippen molar-refractivity contribution in [2.24, 2.45) is 22.9 Å². The molecular weight excluding hydrogens is 262 g/mol. The smallest absolute Gasteiger partial charge is 0.273 e. The molecule has 0 unspecified atom stereocenters. The summed E-state index contributed by atoms with van der Waals surface area (Å²) < 4.78 is 0. The van der Waals surface area contributed by atoms with Crippen LogP contribution < -0.4 is 5.43 Å². The lowest BCUT2D eigenvalue weighted by atomic mass is 9.90. The number of H-pyrrole nitrogens is 1. The van der Waals surface area contributed by atoms with Gasteiger partial charge in [-0.15, -0.1) is 0 Å². The molecule has 0 saturated heterocycles. The molecule has 108 valence electrons. The summed E-state index contributed by atoms with van der Waals surface area (Å²) in [4.78, 5) is 15.3. The molecule has 2 aliphatic rings. The van der Waals surface area contributed by atoms with E-state index < -0.39 is 0 Å². The molecule has 0 aliphatic heterocycles. The van der Waals surface area contributed by atoms with Gasteiger partial charge in [0.1, 0.15) is 0 Å². The van der Waals surface area contributed by atoms with E-state index in [1.807, 2.05) is 30.5 Å². The van der Waals surface area contributed by atoms with E-state index in [9.17, 15) is 4.79 Å². The van der Waals surface area contributed by atoms with Crippen molar-refractivity contribution in [2.45, 2.75) is 25.7 Å². The second kappa shape index (κ2) is 5.02. The summed E-state index contributed by atoms with van der Waals surface area (Å²) in [5.41, 5.74) is 4.29. The maximum absolute atomic E-state index is 12.2. The van der Waals surface area contributed by atoms with E-state index in [-0.39, 0.29) is 5.91 Å². The number of fused-ring (bicyclic) bond motifs is 3. The first-order chi connectivity index (χ1) is 10.3. The van der Waals surface area contributed by atoms with Crippen LogP contribution in [0.5, 0.6) is 0 Å². The summed E-state index contributed by atoms with van der Waals surface area (Å²) in [7, 11) is 0. The molecule has 4 rings (SSSR count). The van der Waals surface area contributed by atoms with Crippen LogP contribution in [0.1, 0.15) is 36.0 Å². The van der Waals surface area contributed by atoms with Crippen molar-refractivity contribution < 1.29 is 4.79 Å². The van der Waals surface area contributed by atoms with Crippen molar-refractivity contribution in [3.05, 3.63) is 36.0 Å².